The van der Waals surface area contributed by atoms with Crippen molar-refractivity contribution in [3.05, 3.63) is 0 Å². The molecule has 2 nitrogen and oxygen atoms in total. The Hall–Kier alpha value is -0.465. The molecule has 0 aromatic carbocycles. The van der Waals surface area contributed by atoms with E-state index in [1.165, 1.54) is 19.3 Å². The van der Waals surface area contributed by atoms with E-state index in [9.17, 15) is 4.79 Å². The summed E-state index contributed by atoms with van der Waals surface area (Å²) in [5.41, 5.74) is 0. The second-order valence-electron chi connectivity index (χ2n) is 7.59. The first-order valence-corrected chi connectivity index (χ1v) is 8.49. The van der Waals surface area contributed by atoms with Gasteiger partial charge in [-0.15, -0.1) is 0 Å². The molecule has 2 radical (unpaired) electrons. The maximum Gasteiger partial charge on any atom is 0.226 e. The van der Waals surface area contributed by atoms with Crippen LogP contribution in [-0.2, 0) is 4.79 Å². The van der Waals surface area contributed by atoms with Crippen LogP contribution in [0.25, 0.3) is 0 Å². The number of carbonyl (C=O) groups is 1. The molecular weight excluding hydrogens is 245 g/mol. The summed E-state index contributed by atoms with van der Waals surface area (Å²) in [5, 5.41) is 0. The smallest absolute Gasteiger partial charge is 0.226 e. The van der Waals surface area contributed by atoms with Gasteiger partial charge in [-0.05, 0) is 38.5 Å². The number of nitrogens with zero attached hydrogens (tertiary/aromatic N) is 1. The second-order valence-corrected chi connectivity index (χ2v) is 7.59. The minimum atomic E-state index is 0.214. The van der Waals surface area contributed by atoms with Crippen molar-refractivity contribution < 1.29 is 4.79 Å². The zero-order chi connectivity index (χ0) is 14.9. The van der Waals surface area contributed by atoms with Gasteiger partial charge in [-0.3, -0.25) is 4.79 Å². The van der Waals surface area contributed by atoms with Crippen molar-refractivity contribution >= 4 is 13.8 Å². The maximum atomic E-state index is 12.9. The van der Waals surface area contributed by atoms with Crippen molar-refractivity contribution in [2.75, 3.05) is 0 Å². The normalized spacial score (nSPS) is 35.3. The minimum Gasteiger partial charge on any atom is -0.337 e. The number of hydrogen-bond acceptors (Lipinski definition) is 1. The number of likely N-dealkylation sites (tertiary alicyclic amines) is 1. The SMILES string of the molecule is [B]C1CCCCC2C(C1)C(CC(C)C)C(=O)N2C(C)C. The average Bonchev–Trinajstić information content (AvgIpc) is 2.56. The summed E-state index contributed by atoms with van der Waals surface area (Å²) in [4.78, 5) is 15.1. The highest BCUT2D eigenvalue weighted by Gasteiger charge is 2.48. The lowest BCUT2D eigenvalue weighted by atomic mass is 9.69. The Morgan fingerprint density at radius 3 is 2.45 bits per heavy atom. The summed E-state index contributed by atoms with van der Waals surface area (Å²) in [6.45, 7) is 8.77. The van der Waals surface area contributed by atoms with Crippen LogP contribution in [-0.4, -0.2) is 30.7 Å². The number of fused-ring (bicyclic) bond motifs is 1. The number of hydrogen-bond donors (Lipinski definition) is 0. The Bertz CT molecular complexity index is 342. The van der Waals surface area contributed by atoms with E-state index in [1.807, 2.05) is 0 Å². The summed E-state index contributed by atoms with van der Waals surface area (Å²) in [6, 6.07) is 0.764. The molecule has 0 aromatic heterocycles. The fourth-order valence-electron chi connectivity index (χ4n) is 4.34. The molecule has 2 fully saturated rings. The monoisotopic (exact) mass is 275 g/mol. The molecule has 4 unspecified atom stereocenters. The Labute approximate surface area is 126 Å². The van der Waals surface area contributed by atoms with Gasteiger partial charge in [-0.1, -0.05) is 45.3 Å². The van der Waals surface area contributed by atoms with E-state index in [0.29, 0.717) is 29.8 Å². The Kier molecular flexibility index (Phi) is 5.20. The van der Waals surface area contributed by atoms with Crippen molar-refractivity contribution in [2.45, 2.75) is 84.1 Å². The third-order valence-electron chi connectivity index (χ3n) is 5.12. The lowest BCUT2D eigenvalue weighted by Gasteiger charge is -2.34. The first-order valence-electron chi connectivity index (χ1n) is 8.49. The molecule has 3 heteroatoms. The van der Waals surface area contributed by atoms with Crippen LogP contribution in [0.4, 0.5) is 0 Å². The van der Waals surface area contributed by atoms with Gasteiger partial charge in [0.15, 0.2) is 0 Å². The van der Waals surface area contributed by atoms with Gasteiger partial charge in [0.1, 0.15) is 0 Å². The molecule has 20 heavy (non-hydrogen) atoms. The Balaban J connectivity index is 2.25. The molecule has 0 spiro atoms. The first kappa shape index (κ1) is 15.9. The van der Waals surface area contributed by atoms with Crippen molar-refractivity contribution in [3.8, 4) is 0 Å². The van der Waals surface area contributed by atoms with Gasteiger partial charge in [-0.2, -0.15) is 0 Å². The van der Waals surface area contributed by atoms with Crippen LogP contribution < -0.4 is 0 Å². The van der Waals surface area contributed by atoms with E-state index < -0.39 is 0 Å². The molecule has 1 aliphatic heterocycles. The van der Waals surface area contributed by atoms with Gasteiger partial charge in [0, 0.05) is 18.0 Å². The molecular formula is C17H30BNO. The second kappa shape index (κ2) is 6.53. The predicted octanol–water partition coefficient (Wildman–Crippen LogP) is 3.81. The predicted molar refractivity (Wildman–Crippen MR) is 84.8 cm³/mol. The third kappa shape index (κ3) is 3.23. The van der Waals surface area contributed by atoms with Gasteiger partial charge in [0.2, 0.25) is 5.91 Å². The molecule has 0 N–H and O–H groups in total. The van der Waals surface area contributed by atoms with Gasteiger partial charge in [0.05, 0.1) is 7.85 Å². The van der Waals surface area contributed by atoms with Crippen molar-refractivity contribution in [1.29, 1.82) is 0 Å². The van der Waals surface area contributed by atoms with Gasteiger partial charge in [0.25, 0.3) is 0 Å². The summed E-state index contributed by atoms with van der Waals surface area (Å²) in [5.74, 6) is 1.97. The van der Waals surface area contributed by atoms with E-state index in [1.54, 1.807) is 0 Å². The molecule has 1 amide bonds. The minimum absolute atomic E-state index is 0.214. The van der Waals surface area contributed by atoms with E-state index in [0.717, 1.165) is 19.3 Å². The Morgan fingerprint density at radius 2 is 1.85 bits per heavy atom. The summed E-state index contributed by atoms with van der Waals surface area (Å²) in [7, 11) is 6.29. The fraction of sp³-hybridized carbons (Fsp3) is 0.941. The molecule has 1 saturated carbocycles. The van der Waals surface area contributed by atoms with Gasteiger partial charge < -0.3 is 4.90 Å². The van der Waals surface area contributed by atoms with Crippen LogP contribution in [0.5, 0.6) is 0 Å². The third-order valence-corrected chi connectivity index (χ3v) is 5.12. The molecule has 1 aliphatic carbocycles. The van der Waals surface area contributed by atoms with Crippen LogP contribution in [0.3, 0.4) is 0 Å². The quantitative estimate of drug-likeness (QED) is 0.717. The van der Waals surface area contributed by atoms with E-state index in [2.05, 4.69) is 32.6 Å². The lowest BCUT2D eigenvalue weighted by molar-refractivity contribution is -0.134. The zero-order valence-corrected chi connectivity index (χ0v) is 13.6. The fourth-order valence-corrected chi connectivity index (χ4v) is 4.34. The van der Waals surface area contributed by atoms with Crippen LogP contribution in [0.15, 0.2) is 0 Å². The van der Waals surface area contributed by atoms with Crippen LogP contribution in [0.2, 0.25) is 5.82 Å². The zero-order valence-electron chi connectivity index (χ0n) is 13.6. The lowest BCUT2D eigenvalue weighted by Crippen LogP contribution is -2.41. The first-order chi connectivity index (χ1) is 9.41. The highest BCUT2D eigenvalue weighted by molar-refractivity contribution is 6.11. The van der Waals surface area contributed by atoms with Crippen LogP contribution in [0.1, 0.15) is 66.2 Å². The maximum absolute atomic E-state index is 12.9. The molecule has 4 atom stereocenters. The van der Waals surface area contributed by atoms with E-state index in [4.69, 9.17) is 7.85 Å². The molecule has 2 aliphatic rings. The largest absolute Gasteiger partial charge is 0.337 e. The number of carbonyl (C=O) groups excluding carboxylic acids is 1. The van der Waals surface area contributed by atoms with Gasteiger partial charge in [-0.25, -0.2) is 0 Å². The summed E-state index contributed by atoms with van der Waals surface area (Å²) in [6.07, 6.45) is 6.81. The van der Waals surface area contributed by atoms with Crippen molar-refractivity contribution in [3.63, 3.8) is 0 Å². The number of rotatable bonds is 3. The van der Waals surface area contributed by atoms with E-state index >= 15 is 0 Å². The van der Waals surface area contributed by atoms with Crippen molar-refractivity contribution in [1.82, 2.24) is 4.90 Å². The van der Waals surface area contributed by atoms with Gasteiger partial charge >= 0.3 is 0 Å². The molecule has 112 valence electrons. The molecule has 0 aromatic rings. The topological polar surface area (TPSA) is 20.3 Å². The average molecular weight is 275 g/mol. The highest BCUT2D eigenvalue weighted by Crippen LogP contribution is 2.44. The molecule has 1 saturated heterocycles. The molecule has 1 heterocycles. The van der Waals surface area contributed by atoms with Crippen molar-refractivity contribution in [2.24, 2.45) is 17.8 Å². The highest BCUT2D eigenvalue weighted by atomic mass is 16.2. The van der Waals surface area contributed by atoms with Crippen LogP contribution in [0, 0.1) is 17.8 Å². The number of amides is 1. The Morgan fingerprint density at radius 1 is 1.20 bits per heavy atom. The summed E-state index contributed by atoms with van der Waals surface area (Å²) >= 11 is 0. The molecule has 2 rings (SSSR count). The van der Waals surface area contributed by atoms with Crippen LogP contribution >= 0.6 is 0 Å². The standard InChI is InChI=1S/C17H30BNO/c1-11(2)9-15-14-10-13(18)7-5-6-8-16(14)19(12(3)4)17(15)20/h11-16H,5-10H2,1-4H3. The van der Waals surface area contributed by atoms with E-state index in [-0.39, 0.29) is 11.7 Å². The molecule has 0 bridgehead atoms. The summed E-state index contributed by atoms with van der Waals surface area (Å²) < 4.78 is 0.